The van der Waals surface area contributed by atoms with E-state index in [0.717, 1.165) is 50.7 Å². The van der Waals surface area contributed by atoms with Crippen molar-refractivity contribution < 1.29 is 9.15 Å². The summed E-state index contributed by atoms with van der Waals surface area (Å²) in [6.07, 6.45) is 6.40. The molecule has 0 saturated carbocycles. The molecule has 0 fully saturated rings. The number of nitrogens with zero attached hydrogens (tertiary/aromatic N) is 2. The van der Waals surface area contributed by atoms with Crippen LogP contribution in [0.15, 0.2) is 58.3 Å². The molecule has 4 rings (SSSR count). The Morgan fingerprint density at radius 2 is 1.94 bits per heavy atom. The molecule has 0 aliphatic heterocycles. The summed E-state index contributed by atoms with van der Waals surface area (Å²) in [6.45, 7) is 2.66. The fraction of sp³-hybridized carbons (Fsp3) is 0.308. The van der Waals surface area contributed by atoms with Gasteiger partial charge in [-0.2, -0.15) is 5.26 Å². The standard InChI is InChI=1S/C26H26N2O2S/c1-2-3-4-5-10-22-18-31-26(28-22)25-16-21-15-23(11-12-24(21)30-25)29-17-20-9-7-6-8-19(20)13-14-27/h6-9,11-12,15-16,18H,2-5,10,13,17H2,1H3. The fourth-order valence-electron chi connectivity index (χ4n) is 3.60. The van der Waals surface area contributed by atoms with Gasteiger partial charge in [-0.15, -0.1) is 11.3 Å². The summed E-state index contributed by atoms with van der Waals surface area (Å²) in [5.74, 6) is 1.58. The van der Waals surface area contributed by atoms with E-state index >= 15 is 0 Å². The minimum Gasteiger partial charge on any atom is -0.489 e. The van der Waals surface area contributed by atoms with E-state index in [0.29, 0.717) is 13.0 Å². The Kier molecular flexibility index (Phi) is 7.01. The van der Waals surface area contributed by atoms with Crippen molar-refractivity contribution in [3.05, 3.63) is 70.7 Å². The largest absolute Gasteiger partial charge is 0.489 e. The number of furan rings is 1. The van der Waals surface area contributed by atoms with Gasteiger partial charge in [0.2, 0.25) is 0 Å². The first-order chi connectivity index (χ1) is 15.3. The van der Waals surface area contributed by atoms with Crippen molar-refractivity contribution in [1.29, 1.82) is 5.26 Å². The van der Waals surface area contributed by atoms with Gasteiger partial charge >= 0.3 is 0 Å². The number of hydrogen-bond acceptors (Lipinski definition) is 5. The van der Waals surface area contributed by atoms with Gasteiger partial charge in [0, 0.05) is 10.8 Å². The highest BCUT2D eigenvalue weighted by atomic mass is 32.1. The van der Waals surface area contributed by atoms with E-state index < -0.39 is 0 Å². The number of ether oxygens (including phenoxy) is 1. The van der Waals surface area contributed by atoms with E-state index in [4.69, 9.17) is 19.4 Å². The first-order valence-electron chi connectivity index (χ1n) is 10.8. The molecule has 0 saturated heterocycles. The second-order valence-corrected chi connectivity index (χ2v) is 8.52. The average molecular weight is 431 g/mol. The second-order valence-electron chi connectivity index (χ2n) is 7.66. The third kappa shape index (κ3) is 5.34. The van der Waals surface area contributed by atoms with Crippen molar-refractivity contribution >= 4 is 22.3 Å². The maximum atomic E-state index is 9.00. The van der Waals surface area contributed by atoms with Crippen molar-refractivity contribution in [1.82, 2.24) is 4.98 Å². The molecule has 0 radical (unpaired) electrons. The summed E-state index contributed by atoms with van der Waals surface area (Å²) in [6, 6.07) is 18.0. The topological polar surface area (TPSA) is 59.0 Å². The van der Waals surface area contributed by atoms with Crippen molar-refractivity contribution in [3.63, 3.8) is 0 Å². The van der Waals surface area contributed by atoms with Crippen LogP contribution in [0.3, 0.4) is 0 Å². The minimum atomic E-state index is 0.387. The van der Waals surface area contributed by atoms with Gasteiger partial charge in [0.05, 0.1) is 18.2 Å². The molecule has 0 aliphatic carbocycles. The molecule has 2 aromatic carbocycles. The van der Waals surface area contributed by atoms with Gasteiger partial charge in [-0.25, -0.2) is 4.98 Å². The summed E-state index contributed by atoms with van der Waals surface area (Å²) in [5, 5.41) is 13.1. The molecule has 4 aromatic rings. The number of rotatable bonds is 10. The Hall–Kier alpha value is -3.10. The molecule has 0 bridgehead atoms. The fourth-order valence-corrected chi connectivity index (χ4v) is 4.41. The lowest BCUT2D eigenvalue weighted by Gasteiger charge is -2.09. The third-order valence-corrected chi connectivity index (χ3v) is 6.22. The highest BCUT2D eigenvalue weighted by Crippen LogP contribution is 2.32. The molecule has 0 aliphatic rings. The quantitative estimate of drug-likeness (QED) is 0.247. The molecular weight excluding hydrogens is 404 g/mol. The number of thiazole rings is 1. The monoisotopic (exact) mass is 430 g/mol. The molecule has 0 N–H and O–H groups in total. The van der Waals surface area contributed by atoms with Crippen molar-refractivity contribution in [2.24, 2.45) is 0 Å². The summed E-state index contributed by atoms with van der Waals surface area (Å²) in [5.41, 5.74) is 4.01. The van der Waals surface area contributed by atoms with E-state index in [1.54, 1.807) is 11.3 Å². The number of hydrogen-bond donors (Lipinski definition) is 0. The highest BCUT2D eigenvalue weighted by molar-refractivity contribution is 7.13. The van der Waals surface area contributed by atoms with Crippen LogP contribution in [0.2, 0.25) is 0 Å². The predicted molar refractivity (Wildman–Crippen MR) is 125 cm³/mol. The molecule has 0 amide bonds. The molecule has 31 heavy (non-hydrogen) atoms. The van der Waals surface area contributed by atoms with Crippen LogP contribution in [0.5, 0.6) is 5.75 Å². The number of aryl methyl sites for hydroxylation is 1. The van der Waals surface area contributed by atoms with Gasteiger partial charge in [-0.05, 0) is 48.2 Å². The summed E-state index contributed by atoms with van der Waals surface area (Å²) in [7, 11) is 0. The molecule has 2 heterocycles. The third-order valence-electron chi connectivity index (χ3n) is 5.32. The Bertz CT molecular complexity index is 1190. The Morgan fingerprint density at radius 1 is 1.06 bits per heavy atom. The van der Waals surface area contributed by atoms with Crippen LogP contribution < -0.4 is 4.74 Å². The molecule has 4 nitrogen and oxygen atoms in total. The lowest BCUT2D eigenvalue weighted by atomic mass is 10.1. The maximum Gasteiger partial charge on any atom is 0.164 e. The molecule has 0 unspecified atom stereocenters. The van der Waals surface area contributed by atoms with Crippen molar-refractivity contribution in [3.8, 4) is 22.6 Å². The molecule has 2 aromatic heterocycles. The first kappa shape index (κ1) is 21.1. The zero-order chi connectivity index (χ0) is 21.5. The van der Waals surface area contributed by atoms with E-state index in [1.807, 2.05) is 48.5 Å². The van der Waals surface area contributed by atoms with E-state index in [-0.39, 0.29) is 0 Å². The van der Waals surface area contributed by atoms with Gasteiger partial charge in [-0.1, -0.05) is 50.5 Å². The van der Waals surface area contributed by atoms with Crippen LogP contribution in [-0.4, -0.2) is 4.98 Å². The SMILES string of the molecule is CCCCCCc1csc(-c2cc3cc(OCc4ccccc4CC#N)ccc3o2)n1. The predicted octanol–water partition coefficient (Wildman–Crippen LogP) is 7.32. The van der Waals surface area contributed by atoms with Gasteiger partial charge in [-0.3, -0.25) is 0 Å². The number of unbranched alkanes of at least 4 members (excludes halogenated alkanes) is 3. The zero-order valence-electron chi connectivity index (χ0n) is 17.8. The zero-order valence-corrected chi connectivity index (χ0v) is 18.6. The number of nitriles is 1. The smallest absolute Gasteiger partial charge is 0.164 e. The molecule has 0 spiro atoms. The van der Waals surface area contributed by atoms with Crippen LogP contribution in [0.4, 0.5) is 0 Å². The molecule has 158 valence electrons. The van der Waals surface area contributed by atoms with E-state index in [1.165, 1.54) is 25.7 Å². The second kappa shape index (κ2) is 10.3. The molecular formula is C26H26N2O2S. The van der Waals surface area contributed by atoms with E-state index in [9.17, 15) is 0 Å². The summed E-state index contributed by atoms with van der Waals surface area (Å²) >= 11 is 1.64. The van der Waals surface area contributed by atoms with Gasteiger partial charge in [0.25, 0.3) is 0 Å². The van der Waals surface area contributed by atoms with Gasteiger partial charge in [0.15, 0.2) is 10.8 Å². The maximum absolute atomic E-state index is 9.00. The summed E-state index contributed by atoms with van der Waals surface area (Å²) < 4.78 is 12.0. The van der Waals surface area contributed by atoms with Crippen LogP contribution in [-0.2, 0) is 19.4 Å². The van der Waals surface area contributed by atoms with Crippen molar-refractivity contribution in [2.45, 2.75) is 52.1 Å². The molecule has 0 atom stereocenters. The Morgan fingerprint density at radius 3 is 2.77 bits per heavy atom. The van der Waals surface area contributed by atoms with Crippen LogP contribution in [0.25, 0.3) is 21.7 Å². The first-order valence-corrected chi connectivity index (χ1v) is 11.7. The Balaban J connectivity index is 1.44. The van der Waals surface area contributed by atoms with Crippen LogP contribution in [0.1, 0.15) is 49.4 Å². The molecule has 5 heteroatoms. The minimum absolute atomic E-state index is 0.387. The average Bonchev–Trinajstić information content (AvgIpc) is 3.43. The lowest BCUT2D eigenvalue weighted by Crippen LogP contribution is -1.99. The normalized spacial score (nSPS) is 11.0. The van der Waals surface area contributed by atoms with Gasteiger partial charge in [0.1, 0.15) is 17.9 Å². The highest BCUT2D eigenvalue weighted by Gasteiger charge is 2.12. The van der Waals surface area contributed by atoms with Crippen molar-refractivity contribution in [2.75, 3.05) is 0 Å². The Labute approximate surface area is 187 Å². The van der Waals surface area contributed by atoms with Crippen LogP contribution >= 0.6 is 11.3 Å². The number of aromatic nitrogens is 1. The lowest BCUT2D eigenvalue weighted by molar-refractivity contribution is 0.305. The van der Waals surface area contributed by atoms with E-state index in [2.05, 4.69) is 18.4 Å². The number of fused-ring (bicyclic) bond motifs is 1. The van der Waals surface area contributed by atoms with Crippen LogP contribution in [0, 0.1) is 11.3 Å². The number of benzene rings is 2. The summed E-state index contributed by atoms with van der Waals surface area (Å²) in [4.78, 5) is 4.77. The van der Waals surface area contributed by atoms with Gasteiger partial charge < -0.3 is 9.15 Å².